The van der Waals surface area contributed by atoms with Gasteiger partial charge in [-0.2, -0.15) is 17.5 Å². The van der Waals surface area contributed by atoms with Gasteiger partial charge in [0.1, 0.15) is 10.4 Å². The number of carbonyl (C=O) groups excluding carboxylic acids is 1. The third kappa shape index (κ3) is 4.26. The van der Waals surface area contributed by atoms with Crippen LogP contribution in [0.3, 0.4) is 0 Å². The molecule has 0 bridgehead atoms. The Morgan fingerprint density at radius 1 is 1.16 bits per heavy atom. The highest BCUT2D eigenvalue weighted by Crippen LogP contribution is 2.31. The van der Waals surface area contributed by atoms with Crippen LogP contribution in [0, 0.1) is 5.92 Å². The van der Waals surface area contributed by atoms with Crippen LogP contribution in [0.2, 0.25) is 0 Å². The van der Waals surface area contributed by atoms with Gasteiger partial charge in [0.2, 0.25) is 15.9 Å². The molecule has 2 aromatic carbocycles. The molecule has 1 aliphatic rings. The van der Waals surface area contributed by atoms with E-state index >= 15 is 0 Å². The van der Waals surface area contributed by atoms with Crippen molar-refractivity contribution in [1.82, 2.24) is 14.6 Å². The molecule has 8 nitrogen and oxygen atoms in total. The van der Waals surface area contributed by atoms with Gasteiger partial charge in [0.25, 0.3) is 0 Å². The summed E-state index contributed by atoms with van der Waals surface area (Å²) in [5, 5.41) is 9.76. The molecule has 1 aliphatic heterocycles. The van der Waals surface area contributed by atoms with Gasteiger partial charge < -0.3 is 5.32 Å². The molecule has 1 amide bonds. The van der Waals surface area contributed by atoms with E-state index in [1.165, 1.54) is 28.6 Å². The molecule has 3 aromatic rings. The number of aromatic nitrogens is 2. The average Bonchev–Trinajstić information content (AvgIpc) is 3.22. The minimum absolute atomic E-state index is 0.00163. The Bertz CT molecular complexity index is 1230. The van der Waals surface area contributed by atoms with Gasteiger partial charge in [0.15, 0.2) is 5.52 Å². The normalized spacial score (nSPS) is 18.2. The number of hydrogen-bond donors (Lipinski definition) is 1. The summed E-state index contributed by atoms with van der Waals surface area (Å²) in [5.41, 5.74) is -0.499. The molecule has 1 saturated heterocycles. The Balaban J connectivity index is 1.52. The number of carbonyl (C=O) groups is 1. The van der Waals surface area contributed by atoms with Crippen LogP contribution in [-0.2, 0) is 21.0 Å². The maximum Gasteiger partial charge on any atom is 0.416 e. The van der Waals surface area contributed by atoms with E-state index in [0.717, 1.165) is 12.1 Å². The van der Waals surface area contributed by atoms with Crippen molar-refractivity contribution >= 4 is 32.7 Å². The van der Waals surface area contributed by atoms with E-state index in [9.17, 15) is 26.4 Å². The highest BCUT2D eigenvalue weighted by Gasteiger charge is 2.35. The predicted octanol–water partition coefficient (Wildman–Crippen LogP) is 3.28. The number of nitrogens with one attached hydrogen (secondary N) is 1. The molecule has 4 rings (SSSR count). The van der Waals surface area contributed by atoms with Crippen LogP contribution in [0.15, 0.2) is 52.0 Å². The van der Waals surface area contributed by atoms with Crippen molar-refractivity contribution in [3.63, 3.8) is 0 Å². The van der Waals surface area contributed by atoms with Crippen LogP contribution in [-0.4, -0.2) is 42.0 Å². The maximum absolute atomic E-state index is 13.1. The van der Waals surface area contributed by atoms with E-state index in [4.69, 9.17) is 0 Å². The van der Waals surface area contributed by atoms with Crippen molar-refractivity contribution in [2.45, 2.75) is 23.9 Å². The van der Waals surface area contributed by atoms with Gasteiger partial charge >= 0.3 is 6.18 Å². The van der Waals surface area contributed by atoms with Crippen LogP contribution >= 0.6 is 0 Å². The number of sulfonamides is 1. The molecule has 1 N–H and O–H groups in total. The van der Waals surface area contributed by atoms with Gasteiger partial charge in [0, 0.05) is 18.8 Å². The Morgan fingerprint density at radius 3 is 2.71 bits per heavy atom. The van der Waals surface area contributed by atoms with Gasteiger partial charge in [-0.05, 0) is 53.5 Å². The number of halogens is 3. The Morgan fingerprint density at radius 2 is 1.94 bits per heavy atom. The first-order valence-electron chi connectivity index (χ1n) is 9.36. The maximum atomic E-state index is 13.1. The number of hydrogen-bond acceptors (Lipinski definition) is 6. The van der Waals surface area contributed by atoms with Crippen LogP contribution < -0.4 is 5.32 Å². The lowest BCUT2D eigenvalue weighted by atomic mass is 9.98. The number of fused-ring (bicyclic) bond motifs is 1. The highest BCUT2D eigenvalue weighted by molar-refractivity contribution is 7.89. The monoisotopic (exact) mass is 454 g/mol. The van der Waals surface area contributed by atoms with Crippen molar-refractivity contribution in [2.24, 2.45) is 5.92 Å². The summed E-state index contributed by atoms with van der Waals surface area (Å²) in [4.78, 5) is 12.6. The fourth-order valence-electron chi connectivity index (χ4n) is 3.52. The molecular weight excluding hydrogens is 437 g/mol. The van der Waals surface area contributed by atoms with Crippen molar-refractivity contribution < 1.29 is 31.0 Å². The van der Waals surface area contributed by atoms with Crippen LogP contribution in [0.4, 0.5) is 18.9 Å². The van der Waals surface area contributed by atoms with Crippen molar-refractivity contribution in [3.05, 3.63) is 48.0 Å². The first-order chi connectivity index (χ1) is 14.7. The molecule has 1 fully saturated rings. The second-order valence-electron chi connectivity index (χ2n) is 7.16. The molecule has 0 radical (unpaired) electrons. The average molecular weight is 454 g/mol. The Kier molecular flexibility index (Phi) is 5.43. The molecular formula is C19H17F3N4O4S. The molecule has 1 aromatic heterocycles. The Hall–Kier alpha value is -2.99. The molecule has 1 unspecified atom stereocenters. The number of amides is 1. The van der Waals surface area contributed by atoms with Crippen LogP contribution in [0.5, 0.6) is 0 Å². The summed E-state index contributed by atoms with van der Waals surface area (Å²) in [6, 6.07) is 8.75. The van der Waals surface area contributed by atoms with Crippen molar-refractivity contribution in [3.8, 4) is 0 Å². The lowest BCUT2D eigenvalue weighted by molar-refractivity contribution is -0.137. The molecule has 2 heterocycles. The van der Waals surface area contributed by atoms with Gasteiger partial charge in [-0.25, -0.2) is 13.0 Å². The van der Waals surface area contributed by atoms with Crippen molar-refractivity contribution in [1.29, 1.82) is 0 Å². The summed E-state index contributed by atoms with van der Waals surface area (Å²) >= 11 is 0. The molecule has 0 aliphatic carbocycles. The SMILES string of the molecule is O=C(Nc1cccc(C(F)(F)F)c1)C1CCCN(S(=O)(=O)c2cccc3nonc23)C1. The fourth-order valence-corrected chi connectivity index (χ4v) is 5.18. The zero-order chi connectivity index (χ0) is 22.2. The van der Waals surface area contributed by atoms with E-state index in [2.05, 4.69) is 20.3 Å². The van der Waals surface area contributed by atoms with E-state index in [1.54, 1.807) is 6.07 Å². The van der Waals surface area contributed by atoms with E-state index in [-0.39, 0.29) is 34.7 Å². The first-order valence-corrected chi connectivity index (χ1v) is 10.8. The zero-order valence-electron chi connectivity index (χ0n) is 16.0. The third-order valence-corrected chi connectivity index (χ3v) is 6.98. The largest absolute Gasteiger partial charge is 0.416 e. The van der Waals surface area contributed by atoms with E-state index < -0.39 is 33.6 Å². The lowest BCUT2D eigenvalue weighted by Crippen LogP contribution is -2.43. The minimum Gasteiger partial charge on any atom is -0.326 e. The highest BCUT2D eigenvalue weighted by atomic mass is 32.2. The lowest BCUT2D eigenvalue weighted by Gasteiger charge is -2.31. The number of rotatable bonds is 4. The second kappa shape index (κ2) is 7.93. The number of piperidine rings is 1. The molecule has 1 atom stereocenters. The van der Waals surface area contributed by atoms with Crippen LogP contribution in [0.25, 0.3) is 11.0 Å². The smallest absolute Gasteiger partial charge is 0.326 e. The number of anilines is 1. The van der Waals surface area contributed by atoms with Gasteiger partial charge in [-0.3, -0.25) is 4.79 Å². The van der Waals surface area contributed by atoms with Crippen LogP contribution in [0.1, 0.15) is 18.4 Å². The van der Waals surface area contributed by atoms with Gasteiger partial charge in [0.05, 0.1) is 11.5 Å². The molecule has 0 spiro atoms. The topological polar surface area (TPSA) is 105 Å². The van der Waals surface area contributed by atoms with Crippen molar-refractivity contribution in [2.75, 3.05) is 18.4 Å². The predicted molar refractivity (Wildman–Crippen MR) is 103 cm³/mol. The molecule has 164 valence electrons. The first kappa shape index (κ1) is 21.2. The summed E-state index contributed by atoms with van der Waals surface area (Å²) < 4.78 is 70.7. The quantitative estimate of drug-likeness (QED) is 0.649. The number of benzene rings is 2. The molecule has 0 saturated carbocycles. The Labute approximate surface area is 175 Å². The zero-order valence-corrected chi connectivity index (χ0v) is 16.8. The van der Waals surface area contributed by atoms with Gasteiger partial charge in [-0.1, -0.05) is 12.1 Å². The summed E-state index contributed by atoms with van der Waals surface area (Å²) in [7, 11) is -3.98. The second-order valence-corrected chi connectivity index (χ2v) is 9.06. The fraction of sp³-hybridized carbons (Fsp3) is 0.316. The summed E-state index contributed by atoms with van der Waals surface area (Å²) in [5.74, 6) is -1.26. The molecule has 12 heteroatoms. The van der Waals surface area contributed by atoms with E-state index in [0.29, 0.717) is 12.8 Å². The number of alkyl halides is 3. The third-order valence-electron chi connectivity index (χ3n) is 5.08. The standard InChI is InChI=1S/C19H17F3N4O4S/c20-19(21,22)13-5-1-6-14(10-13)23-18(27)12-4-3-9-26(11-12)31(28,29)16-8-2-7-15-17(16)25-30-24-15/h1-2,5-8,10,12H,3-4,9,11H2,(H,23,27). The summed E-state index contributed by atoms with van der Waals surface area (Å²) in [6.07, 6.45) is -3.70. The number of nitrogens with zero attached hydrogens (tertiary/aromatic N) is 3. The molecule has 31 heavy (non-hydrogen) atoms. The minimum atomic E-state index is -4.53. The van der Waals surface area contributed by atoms with Gasteiger partial charge in [-0.15, -0.1) is 0 Å². The summed E-state index contributed by atoms with van der Waals surface area (Å²) in [6.45, 7) is 0.103. The van der Waals surface area contributed by atoms with E-state index in [1.807, 2.05) is 0 Å².